The maximum atomic E-state index is 13.2. The first-order chi connectivity index (χ1) is 23.4. The second kappa shape index (κ2) is 14.4. The summed E-state index contributed by atoms with van der Waals surface area (Å²) in [4.78, 5) is 26.1. The lowest BCUT2D eigenvalue weighted by atomic mass is 9.94. The molecule has 1 saturated heterocycles. The third kappa shape index (κ3) is 6.93. The predicted molar refractivity (Wildman–Crippen MR) is 165 cm³/mol. The zero-order chi connectivity index (χ0) is 35.6. The highest BCUT2D eigenvalue weighted by Gasteiger charge is 2.48. The van der Waals surface area contributed by atoms with Crippen molar-refractivity contribution in [3.05, 3.63) is 59.2 Å². The summed E-state index contributed by atoms with van der Waals surface area (Å²) in [5.41, 5.74) is 0.226. The number of ether oxygens (including phenoxy) is 7. The molecular formula is C33H34O16. The van der Waals surface area contributed by atoms with Crippen LogP contribution in [0.2, 0.25) is 0 Å². The van der Waals surface area contributed by atoms with E-state index in [9.17, 15) is 45.3 Å². The fourth-order valence-corrected chi connectivity index (χ4v) is 5.46. The van der Waals surface area contributed by atoms with Crippen LogP contribution >= 0.6 is 0 Å². The van der Waals surface area contributed by atoms with Crippen LogP contribution in [0.4, 0.5) is 0 Å². The summed E-state index contributed by atoms with van der Waals surface area (Å²) in [6.45, 7) is -0.751. The van der Waals surface area contributed by atoms with E-state index in [4.69, 9.17) is 33.2 Å². The SMILES string of the molecule is COc1cc(/C=C/C(=O)O[C@H]2[C@H](Oc3ccc(O)cc3[C@@H]3CC(=O)c4c(cc(O)c(OC)c4O)O3)O[C@H](CO)[C@@H](O)[C@@H]2O)cc(OC)c1O. The van der Waals surface area contributed by atoms with E-state index in [2.05, 4.69) is 0 Å². The average Bonchev–Trinajstić information content (AvgIpc) is 3.07. The Balaban J connectivity index is 1.43. The van der Waals surface area contributed by atoms with Crippen molar-refractivity contribution in [1.29, 1.82) is 0 Å². The minimum atomic E-state index is -1.82. The number of hydrogen-bond donors (Lipinski definition) is 7. The van der Waals surface area contributed by atoms with Gasteiger partial charge in [-0.1, -0.05) is 0 Å². The van der Waals surface area contributed by atoms with Gasteiger partial charge in [-0.3, -0.25) is 4.79 Å². The first kappa shape index (κ1) is 34.9. The Hall–Kier alpha value is -5.42. The number of aliphatic hydroxyl groups excluding tert-OH is 3. The number of phenols is 4. The van der Waals surface area contributed by atoms with Crippen LogP contribution < -0.4 is 23.7 Å². The summed E-state index contributed by atoms with van der Waals surface area (Å²) in [7, 11) is 3.86. The molecule has 49 heavy (non-hydrogen) atoms. The minimum Gasteiger partial charge on any atom is -0.508 e. The van der Waals surface area contributed by atoms with Crippen molar-refractivity contribution in [2.75, 3.05) is 27.9 Å². The van der Waals surface area contributed by atoms with Gasteiger partial charge < -0.3 is 68.9 Å². The molecule has 16 heteroatoms. The molecule has 3 aromatic rings. The standard InChI is InChI=1S/C33H34O16/c1-43-22-8-14(9-23(44-2)27(22)39)4-7-25(38)49-32-30(42)28(40)24(13-34)48-33(32)47-19-6-5-15(35)10-16(19)20-11-17(36)26-21(46-20)12-18(37)31(45-3)29(26)41/h4-10,12,20,24,28,30,32-35,37,39-42H,11,13H2,1-3H3/b7-4+/t20-,24+,28+,30-,32+,33+/m0/s1. The van der Waals surface area contributed by atoms with Crippen LogP contribution in [0.1, 0.15) is 34.0 Å². The number of ketones is 1. The Labute approximate surface area is 278 Å². The van der Waals surface area contributed by atoms with Gasteiger partial charge in [-0.25, -0.2) is 4.79 Å². The zero-order valence-electron chi connectivity index (χ0n) is 26.3. The van der Waals surface area contributed by atoms with E-state index in [0.29, 0.717) is 5.56 Å². The van der Waals surface area contributed by atoms with Gasteiger partial charge in [-0.15, -0.1) is 0 Å². The fourth-order valence-electron chi connectivity index (χ4n) is 5.46. The molecular weight excluding hydrogens is 652 g/mol. The third-order valence-corrected chi connectivity index (χ3v) is 7.90. The largest absolute Gasteiger partial charge is 0.508 e. The topological polar surface area (TPSA) is 240 Å². The van der Waals surface area contributed by atoms with Crippen LogP contribution in [0.15, 0.2) is 42.5 Å². The summed E-state index contributed by atoms with van der Waals surface area (Å²) in [5, 5.41) is 72.5. The number of fused-ring (bicyclic) bond motifs is 1. The lowest BCUT2D eigenvalue weighted by Gasteiger charge is -2.41. The number of hydrogen-bond acceptors (Lipinski definition) is 16. The highest BCUT2D eigenvalue weighted by atomic mass is 16.7. The van der Waals surface area contributed by atoms with Crippen LogP contribution in [0.25, 0.3) is 6.08 Å². The molecule has 1 fully saturated rings. The van der Waals surface area contributed by atoms with Gasteiger partial charge >= 0.3 is 5.97 Å². The predicted octanol–water partition coefficient (Wildman–Crippen LogP) is 1.68. The van der Waals surface area contributed by atoms with Crippen LogP contribution in [0.5, 0.6) is 51.7 Å². The second-order valence-electron chi connectivity index (χ2n) is 10.9. The van der Waals surface area contributed by atoms with Crippen LogP contribution in [0, 0.1) is 0 Å². The fraction of sp³-hybridized carbons (Fsp3) is 0.333. The number of rotatable bonds is 10. The first-order valence-corrected chi connectivity index (χ1v) is 14.7. The Morgan fingerprint density at radius 1 is 0.918 bits per heavy atom. The Kier molecular flexibility index (Phi) is 10.2. The molecule has 0 aliphatic carbocycles. The minimum absolute atomic E-state index is 0.0697. The highest BCUT2D eigenvalue weighted by Crippen LogP contribution is 2.49. The van der Waals surface area contributed by atoms with Crippen LogP contribution in [-0.4, -0.2) is 106 Å². The van der Waals surface area contributed by atoms with E-state index in [1.165, 1.54) is 57.7 Å². The molecule has 262 valence electrons. The monoisotopic (exact) mass is 686 g/mol. The van der Waals surface area contributed by atoms with Gasteiger partial charge in [0.15, 0.2) is 34.9 Å². The highest BCUT2D eigenvalue weighted by molar-refractivity contribution is 6.03. The van der Waals surface area contributed by atoms with E-state index in [0.717, 1.165) is 12.1 Å². The number of carbonyl (C=O) groups excluding carboxylic acids is 2. The van der Waals surface area contributed by atoms with Crippen molar-refractivity contribution in [2.24, 2.45) is 0 Å². The van der Waals surface area contributed by atoms with Crippen LogP contribution in [-0.2, 0) is 14.3 Å². The van der Waals surface area contributed by atoms with Crippen molar-refractivity contribution in [3.8, 4) is 51.7 Å². The molecule has 7 N–H and O–H groups in total. The summed E-state index contributed by atoms with van der Waals surface area (Å²) < 4.78 is 38.3. The van der Waals surface area contributed by atoms with Gasteiger partial charge in [0, 0.05) is 17.7 Å². The van der Waals surface area contributed by atoms with E-state index in [1.807, 2.05) is 0 Å². The van der Waals surface area contributed by atoms with Crippen molar-refractivity contribution in [3.63, 3.8) is 0 Å². The smallest absolute Gasteiger partial charge is 0.331 e. The zero-order valence-corrected chi connectivity index (χ0v) is 26.3. The van der Waals surface area contributed by atoms with Gasteiger partial charge in [0.2, 0.25) is 17.8 Å². The number of methoxy groups -OCH3 is 3. The number of benzene rings is 3. The number of carbonyl (C=O) groups is 2. The normalized spacial score (nSPS) is 23.3. The number of aliphatic hydroxyl groups is 3. The van der Waals surface area contributed by atoms with Gasteiger partial charge in [0.05, 0.1) is 34.4 Å². The maximum Gasteiger partial charge on any atom is 0.331 e. The summed E-state index contributed by atoms with van der Waals surface area (Å²) in [6, 6.07) is 7.68. The number of aromatic hydroxyl groups is 4. The molecule has 0 aromatic heterocycles. The molecule has 2 aliphatic heterocycles. The van der Waals surface area contributed by atoms with Gasteiger partial charge in [0.25, 0.3) is 0 Å². The van der Waals surface area contributed by atoms with Crippen molar-refractivity contribution < 1.29 is 78.5 Å². The molecule has 16 nitrogen and oxygen atoms in total. The van der Waals surface area contributed by atoms with Gasteiger partial charge in [0.1, 0.15) is 47.2 Å². The van der Waals surface area contributed by atoms with E-state index < -0.39 is 66.7 Å². The number of esters is 1. The molecule has 3 aromatic carbocycles. The van der Waals surface area contributed by atoms with Gasteiger partial charge in [-0.05, 0) is 42.0 Å². The molecule has 0 spiro atoms. The molecule has 0 saturated carbocycles. The van der Waals surface area contributed by atoms with Gasteiger partial charge in [-0.2, -0.15) is 0 Å². The Morgan fingerprint density at radius 2 is 1.61 bits per heavy atom. The molecule has 0 unspecified atom stereocenters. The third-order valence-electron chi connectivity index (χ3n) is 7.90. The Morgan fingerprint density at radius 3 is 2.24 bits per heavy atom. The van der Waals surface area contributed by atoms with E-state index in [1.54, 1.807) is 0 Å². The van der Waals surface area contributed by atoms with Crippen LogP contribution in [0.3, 0.4) is 0 Å². The maximum absolute atomic E-state index is 13.2. The van der Waals surface area contributed by atoms with E-state index in [-0.39, 0.29) is 57.8 Å². The average molecular weight is 687 g/mol. The second-order valence-corrected chi connectivity index (χ2v) is 10.9. The molecule has 0 radical (unpaired) electrons. The van der Waals surface area contributed by atoms with Crippen molar-refractivity contribution in [1.82, 2.24) is 0 Å². The summed E-state index contributed by atoms with van der Waals surface area (Å²) in [5.74, 6) is -3.66. The quantitative estimate of drug-likeness (QED) is 0.119. The summed E-state index contributed by atoms with van der Waals surface area (Å²) in [6.07, 6.45) is -7.45. The lowest BCUT2D eigenvalue weighted by Crippen LogP contribution is -2.61. The molecule has 0 bridgehead atoms. The van der Waals surface area contributed by atoms with Crippen molar-refractivity contribution >= 4 is 17.8 Å². The Bertz CT molecular complexity index is 1730. The van der Waals surface area contributed by atoms with Crippen molar-refractivity contribution in [2.45, 2.75) is 43.2 Å². The molecule has 2 aliphatic rings. The molecule has 6 atom stereocenters. The lowest BCUT2D eigenvalue weighted by molar-refractivity contribution is -0.281. The molecule has 0 amide bonds. The molecule has 5 rings (SSSR count). The first-order valence-electron chi connectivity index (χ1n) is 14.7. The number of Topliss-reactive ketones (excluding diaryl/α,β-unsaturated/α-hetero) is 1. The summed E-state index contributed by atoms with van der Waals surface area (Å²) >= 11 is 0. The molecule has 2 heterocycles. The number of phenolic OH excluding ortho intramolecular Hbond substituents is 4. The van der Waals surface area contributed by atoms with E-state index >= 15 is 0 Å².